The van der Waals surface area contributed by atoms with E-state index < -0.39 is 9.84 Å². The molecular formula is C14H14O2S. The highest BCUT2D eigenvalue weighted by Crippen LogP contribution is 2.23. The summed E-state index contributed by atoms with van der Waals surface area (Å²) in [7, 11) is -3.38. The van der Waals surface area contributed by atoms with Gasteiger partial charge in [0.25, 0.3) is 0 Å². The van der Waals surface area contributed by atoms with Crippen LogP contribution >= 0.6 is 0 Å². The zero-order chi connectivity index (χ0) is 12.3. The first-order valence-corrected chi connectivity index (χ1v) is 7.02. The van der Waals surface area contributed by atoms with E-state index in [-0.39, 0.29) is 0 Å². The van der Waals surface area contributed by atoms with Crippen molar-refractivity contribution in [2.45, 2.75) is 23.1 Å². The maximum atomic E-state index is 12.4. The van der Waals surface area contributed by atoms with Crippen LogP contribution in [0.5, 0.6) is 0 Å². The molecule has 0 aromatic heterocycles. The molecule has 0 saturated carbocycles. The van der Waals surface area contributed by atoms with Crippen molar-refractivity contribution >= 4 is 9.84 Å². The predicted octanol–water partition coefficient (Wildman–Crippen LogP) is 3.08. The molecule has 0 spiro atoms. The molecular weight excluding hydrogens is 232 g/mol. The second-order valence-corrected chi connectivity index (χ2v) is 5.70. The van der Waals surface area contributed by atoms with Crippen LogP contribution in [0.4, 0.5) is 0 Å². The van der Waals surface area contributed by atoms with Crippen molar-refractivity contribution in [3.8, 4) is 0 Å². The van der Waals surface area contributed by atoms with Crippen LogP contribution in [-0.2, 0) is 16.3 Å². The Kier molecular flexibility index (Phi) is 3.29. The Morgan fingerprint density at radius 2 is 1.47 bits per heavy atom. The number of aryl methyl sites for hydroxylation is 1. The summed E-state index contributed by atoms with van der Waals surface area (Å²) in [4.78, 5) is 0.759. The first kappa shape index (κ1) is 11.9. The molecule has 0 bridgehead atoms. The number of hydrogen-bond donors (Lipinski definition) is 0. The van der Waals surface area contributed by atoms with Crippen LogP contribution in [0.2, 0.25) is 0 Å². The van der Waals surface area contributed by atoms with Gasteiger partial charge in [-0.1, -0.05) is 43.3 Å². The summed E-state index contributed by atoms with van der Waals surface area (Å²) in [6.07, 6.45) is 0.711. The van der Waals surface area contributed by atoms with Gasteiger partial charge in [-0.15, -0.1) is 0 Å². The molecule has 0 aliphatic heterocycles. The highest BCUT2D eigenvalue weighted by Gasteiger charge is 2.19. The van der Waals surface area contributed by atoms with E-state index in [1.165, 1.54) is 0 Å². The summed E-state index contributed by atoms with van der Waals surface area (Å²) in [5, 5.41) is 0. The van der Waals surface area contributed by atoms with Crippen molar-refractivity contribution in [2.75, 3.05) is 0 Å². The largest absolute Gasteiger partial charge is 0.219 e. The molecule has 0 aliphatic rings. The van der Waals surface area contributed by atoms with Gasteiger partial charge in [-0.05, 0) is 30.2 Å². The third kappa shape index (κ3) is 2.24. The van der Waals surface area contributed by atoms with E-state index in [9.17, 15) is 8.42 Å². The van der Waals surface area contributed by atoms with Gasteiger partial charge in [-0.25, -0.2) is 8.42 Å². The molecule has 2 nitrogen and oxygen atoms in total. The zero-order valence-electron chi connectivity index (χ0n) is 9.63. The smallest absolute Gasteiger partial charge is 0.206 e. The minimum absolute atomic E-state index is 0.348. The van der Waals surface area contributed by atoms with Crippen LogP contribution in [0.25, 0.3) is 0 Å². The van der Waals surface area contributed by atoms with Crippen LogP contribution in [0.3, 0.4) is 0 Å². The number of benzene rings is 2. The Bertz CT molecular complexity index is 601. The van der Waals surface area contributed by atoms with Crippen molar-refractivity contribution in [1.82, 2.24) is 0 Å². The monoisotopic (exact) mass is 246 g/mol. The highest BCUT2D eigenvalue weighted by atomic mass is 32.2. The lowest BCUT2D eigenvalue weighted by Crippen LogP contribution is -2.04. The molecule has 0 N–H and O–H groups in total. The molecule has 17 heavy (non-hydrogen) atoms. The standard InChI is InChI=1S/C14H14O2S/c1-2-12-8-6-7-11-14(12)17(15,16)13-9-4-3-5-10-13/h3-11H,2H2,1H3. The lowest BCUT2D eigenvalue weighted by Gasteiger charge is -2.08. The first-order chi connectivity index (χ1) is 8.16. The van der Waals surface area contributed by atoms with Crippen molar-refractivity contribution in [3.63, 3.8) is 0 Å². The van der Waals surface area contributed by atoms with Gasteiger partial charge < -0.3 is 0 Å². The van der Waals surface area contributed by atoms with E-state index in [1.54, 1.807) is 36.4 Å². The van der Waals surface area contributed by atoms with E-state index in [1.807, 2.05) is 25.1 Å². The van der Waals surface area contributed by atoms with Crippen molar-refractivity contribution < 1.29 is 8.42 Å². The summed E-state index contributed by atoms with van der Waals surface area (Å²) < 4.78 is 24.8. The SMILES string of the molecule is CCc1ccccc1S(=O)(=O)c1ccccc1. The van der Waals surface area contributed by atoms with Crippen molar-refractivity contribution in [2.24, 2.45) is 0 Å². The van der Waals surface area contributed by atoms with Gasteiger partial charge in [0.15, 0.2) is 0 Å². The molecule has 0 fully saturated rings. The molecule has 0 saturated heterocycles. The van der Waals surface area contributed by atoms with Crippen LogP contribution in [0.1, 0.15) is 12.5 Å². The molecule has 2 rings (SSSR count). The predicted molar refractivity (Wildman–Crippen MR) is 67.7 cm³/mol. The Hall–Kier alpha value is -1.61. The summed E-state index contributed by atoms with van der Waals surface area (Å²) in [6.45, 7) is 1.96. The fourth-order valence-electron chi connectivity index (χ4n) is 1.78. The van der Waals surface area contributed by atoms with E-state index in [2.05, 4.69) is 0 Å². The summed E-state index contributed by atoms with van der Waals surface area (Å²) in [5.74, 6) is 0. The van der Waals surface area contributed by atoms with E-state index in [4.69, 9.17) is 0 Å². The van der Waals surface area contributed by atoms with Gasteiger partial charge >= 0.3 is 0 Å². The van der Waals surface area contributed by atoms with E-state index >= 15 is 0 Å². The van der Waals surface area contributed by atoms with Gasteiger partial charge in [-0.2, -0.15) is 0 Å². The molecule has 2 aromatic rings. The van der Waals surface area contributed by atoms with Crippen LogP contribution in [0, 0.1) is 0 Å². The van der Waals surface area contributed by atoms with Gasteiger partial charge in [0.1, 0.15) is 0 Å². The average molecular weight is 246 g/mol. The zero-order valence-corrected chi connectivity index (χ0v) is 10.4. The van der Waals surface area contributed by atoms with Gasteiger partial charge in [-0.3, -0.25) is 0 Å². The fourth-order valence-corrected chi connectivity index (χ4v) is 3.37. The highest BCUT2D eigenvalue weighted by molar-refractivity contribution is 7.91. The Balaban J connectivity index is 2.61. The second-order valence-electron chi connectivity index (χ2n) is 3.78. The molecule has 0 radical (unpaired) electrons. The lowest BCUT2D eigenvalue weighted by atomic mass is 10.2. The fraction of sp³-hybridized carbons (Fsp3) is 0.143. The number of sulfone groups is 1. The third-order valence-corrected chi connectivity index (χ3v) is 4.57. The summed E-state index contributed by atoms with van der Waals surface area (Å²) >= 11 is 0. The third-order valence-electron chi connectivity index (χ3n) is 2.70. The van der Waals surface area contributed by atoms with Gasteiger partial charge in [0.2, 0.25) is 9.84 Å². The second kappa shape index (κ2) is 4.72. The van der Waals surface area contributed by atoms with Crippen LogP contribution in [-0.4, -0.2) is 8.42 Å². The topological polar surface area (TPSA) is 34.1 Å². The number of hydrogen-bond acceptors (Lipinski definition) is 2. The molecule has 2 aromatic carbocycles. The molecule has 0 amide bonds. The van der Waals surface area contributed by atoms with Crippen LogP contribution < -0.4 is 0 Å². The van der Waals surface area contributed by atoms with Gasteiger partial charge in [0, 0.05) is 0 Å². The van der Waals surface area contributed by atoms with Crippen LogP contribution in [0.15, 0.2) is 64.4 Å². The molecule has 0 unspecified atom stereocenters. The summed E-state index contributed by atoms with van der Waals surface area (Å²) in [5.41, 5.74) is 0.858. The lowest BCUT2D eigenvalue weighted by molar-refractivity contribution is 0.595. The first-order valence-electron chi connectivity index (χ1n) is 5.54. The molecule has 3 heteroatoms. The van der Waals surface area contributed by atoms with Crippen molar-refractivity contribution in [3.05, 3.63) is 60.2 Å². The Morgan fingerprint density at radius 1 is 0.882 bits per heavy atom. The molecule has 0 heterocycles. The number of rotatable bonds is 3. The van der Waals surface area contributed by atoms with Crippen molar-refractivity contribution in [1.29, 1.82) is 0 Å². The minimum Gasteiger partial charge on any atom is -0.219 e. The van der Waals surface area contributed by atoms with E-state index in [0.29, 0.717) is 16.2 Å². The Morgan fingerprint density at radius 3 is 2.12 bits per heavy atom. The van der Waals surface area contributed by atoms with E-state index in [0.717, 1.165) is 5.56 Å². The van der Waals surface area contributed by atoms with Gasteiger partial charge in [0.05, 0.1) is 9.79 Å². The minimum atomic E-state index is -3.38. The summed E-state index contributed by atoms with van der Waals surface area (Å²) in [6, 6.07) is 15.7. The quantitative estimate of drug-likeness (QED) is 0.834. The maximum Gasteiger partial charge on any atom is 0.206 e. The molecule has 0 atom stereocenters. The Labute approximate surface area is 102 Å². The molecule has 0 aliphatic carbocycles. The average Bonchev–Trinajstić information content (AvgIpc) is 2.39. The molecule has 88 valence electrons. The maximum absolute atomic E-state index is 12.4. The normalized spacial score (nSPS) is 11.4.